The number of rotatable bonds is 3. The van der Waals surface area contributed by atoms with Gasteiger partial charge in [-0.1, -0.05) is 68.5 Å². The Hall–Kier alpha value is -3.13. The fourth-order valence-electron chi connectivity index (χ4n) is 5.66. The largest absolute Gasteiger partial charge is 0.455 e. The van der Waals surface area contributed by atoms with Crippen LogP contribution in [0, 0.1) is 12.8 Å². The fourth-order valence-corrected chi connectivity index (χ4v) is 5.66. The standard InChI is InChI=1S/C30H30NO/c1-20-12-13-25-26-18-23-10-6-7-11-24(23)19-28(26)32-30(25)29(20)27-17-22(14-15-31(27)2)16-21-8-4-3-5-9-21/h6-7,10-15,17-19,21H,3-5,8-9,16H2,1-2H3/q+1. The van der Waals surface area contributed by atoms with Crippen molar-refractivity contribution in [1.82, 2.24) is 0 Å². The van der Waals surface area contributed by atoms with Crippen LogP contribution in [0.5, 0.6) is 0 Å². The van der Waals surface area contributed by atoms with Crippen molar-refractivity contribution in [1.29, 1.82) is 0 Å². The van der Waals surface area contributed by atoms with E-state index in [1.807, 2.05) is 0 Å². The van der Waals surface area contributed by atoms with Crippen molar-refractivity contribution in [2.45, 2.75) is 45.4 Å². The van der Waals surface area contributed by atoms with Crippen molar-refractivity contribution in [3.05, 3.63) is 78.0 Å². The van der Waals surface area contributed by atoms with Crippen LogP contribution in [0.3, 0.4) is 0 Å². The SMILES string of the molecule is Cc1ccc2c(oc3cc4ccccc4cc32)c1-c1cc(CC2CCCCC2)cc[n+]1C. The predicted molar refractivity (Wildman–Crippen MR) is 133 cm³/mol. The smallest absolute Gasteiger partial charge is 0.216 e. The summed E-state index contributed by atoms with van der Waals surface area (Å²) in [6, 6.07) is 22.2. The zero-order valence-electron chi connectivity index (χ0n) is 19.0. The number of fused-ring (bicyclic) bond motifs is 4. The number of aryl methyl sites for hydroxylation is 2. The average Bonchev–Trinajstić information content (AvgIpc) is 3.17. The van der Waals surface area contributed by atoms with E-state index < -0.39 is 0 Å². The quantitative estimate of drug-likeness (QED) is 0.274. The molecule has 160 valence electrons. The zero-order valence-corrected chi connectivity index (χ0v) is 19.0. The molecule has 0 unspecified atom stereocenters. The molecule has 0 spiro atoms. The molecule has 0 bridgehead atoms. The van der Waals surface area contributed by atoms with Crippen molar-refractivity contribution in [2.24, 2.45) is 13.0 Å². The highest BCUT2D eigenvalue weighted by Crippen LogP contribution is 2.38. The Morgan fingerprint density at radius 2 is 1.66 bits per heavy atom. The molecule has 1 saturated carbocycles. The normalized spacial score (nSPS) is 15.2. The maximum absolute atomic E-state index is 6.56. The molecule has 5 aromatic rings. The third-order valence-corrected chi connectivity index (χ3v) is 7.44. The fraction of sp³-hybridized carbons (Fsp3) is 0.300. The number of hydrogen-bond donors (Lipinski definition) is 0. The Kier molecular flexibility index (Phi) is 4.75. The molecule has 3 aromatic carbocycles. The lowest BCUT2D eigenvalue weighted by Gasteiger charge is -2.21. The van der Waals surface area contributed by atoms with Crippen LogP contribution in [0.25, 0.3) is 44.0 Å². The van der Waals surface area contributed by atoms with Gasteiger partial charge in [-0.15, -0.1) is 0 Å². The van der Waals surface area contributed by atoms with E-state index >= 15 is 0 Å². The van der Waals surface area contributed by atoms with E-state index in [-0.39, 0.29) is 0 Å². The molecule has 0 N–H and O–H groups in total. The van der Waals surface area contributed by atoms with Gasteiger partial charge in [-0.05, 0) is 53.3 Å². The molecular weight excluding hydrogens is 390 g/mol. The summed E-state index contributed by atoms with van der Waals surface area (Å²) >= 11 is 0. The van der Waals surface area contributed by atoms with Gasteiger partial charge in [0.25, 0.3) is 0 Å². The summed E-state index contributed by atoms with van der Waals surface area (Å²) in [4.78, 5) is 0. The van der Waals surface area contributed by atoms with Crippen molar-refractivity contribution >= 4 is 32.7 Å². The Balaban J connectivity index is 1.53. The summed E-state index contributed by atoms with van der Waals surface area (Å²) in [5, 5.41) is 4.87. The number of benzene rings is 3. The van der Waals surface area contributed by atoms with Gasteiger partial charge in [0.1, 0.15) is 18.2 Å². The average molecular weight is 421 g/mol. The number of pyridine rings is 1. The summed E-state index contributed by atoms with van der Waals surface area (Å²) in [6.07, 6.45) is 10.4. The van der Waals surface area contributed by atoms with Crippen LogP contribution in [-0.4, -0.2) is 0 Å². The maximum atomic E-state index is 6.56. The first kappa shape index (κ1) is 19.5. The lowest BCUT2D eigenvalue weighted by molar-refractivity contribution is -0.660. The first-order chi connectivity index (χ1) is 15.7. The van der Waals surface area contributed by atoms with Crippen LogP contribution >= 0.6 is 0 Å². The molecule has 2 heterocycles. The zero-order chi connectivity index (χ0) is 21.7. The second-order valence-corrected chi connectivity index (χ2v) is 9.67. The van der Waals surface area contributed by atoms with Crippen molar-refractivity contribution in [3.8, 4) is 11.3 Å². The molecule has 1 aliphatic rings. The van der Waals surface area contributed by atoms with Gasteiger partial charge in [0.05, 0.1) is 5.56 Å². The van der Waals surface area contributed by atoms with Crippen LogP contribution in [-0.2, 0) is 13.5 Å². The topological polar surface area (TPSA) is 17.0 Å². The minimum Gasteiger partial charge on any atom is -0.455 e. The molecule has 0 saturated heterocycles. The van der Waals surface area contributed by atoms with Crippen LogP contribution in [0.15, 0.2) is 71.3 Å². The number of furan rings is 1. The second kappa shape index (κ2) is 7.78. The molecule has 2 heteroatoms. The van der Waals surface area contributed by atoms with E-state index in [1.54, 1.807) is 0 Å². The third kappa shape index (κ3) is 3.30. The second-order valence-electron chi connectivity index (χ2n) is 9.67. The van der Waals surface area contributed by atoms with E-state index in [0.717, 1.165) is 17.1 Å². The molecule has 0 amide bonds. The summed E-state index contributed by atoms with van der Waals surface area (Å²) in [5.74, 6) is 0.833. The summed E-state index contributed by atoms with van der Waals surface area (Å²) in [6.45, 7) is 2.20. The highest BCUT2D eigenvalue weighted by Gasteiger charge is 2.22. The summed E-state index contributed by atoms with van der Waals surface area (Å²) in [7, 11) is 2.15. The number of aromatic nitrogens is 1. The van der Waals surface area contributed by atoms with E-state index in [2.05, 4.69) is 85.4 Å². The highest BCUT2D eigenvalue weighted by atomic mass is 16.3. The number of hydrogen-bond acceptors (Lipinski definition) is 1. The Bertz CT molecular complexity index is 1450. The van der Waals surface area contributed by atoms with Gasteiger partial charge in [0, 0.05) is 22.9 Å². The Morgan fingerprint density at radius 1 is 0.875 bits per heavy atom. The van der Waals surface area contributed by atoms with Gasteiger partial charge >= 0.3 is 0 Å². The van der Waals surface area contributed by atoms with Gasteiger partial charge in [-0.25, -0.2) is 4.57 Å². The van der Waals surface area contributed by atoms with E-state index in [0.29, 0.717) is 0 Å². The van der Waals surface area contributed by atoms with Crippen LogP contribution in [0.2, 0.25) is 0 Å². The molecule has 2 nitrogen and oxygen atoms in total. The van der Waals surface area contributed by atoms with Gasteiger partial charge in [-0.2, -0.15) is 0 Å². The minimum atomic E-state index is 0.833. The molecule has 1 fully saturated rings. The van der Waals surface area contributed by atoms with Crippen molar-refractivity contribution in [3.63, 3.8) is 0 Å². The first-order valence-corrected chi connectivity index (χ1v) is 12.0. The van der Waals surface area contributed by atoms with E-state index in [1.165, 1.54) is 82.5 Å². The lowest BCUT2D eigenvalue weighted by atomic mass is 9.85. The Morgan fingerprint density at radius 3 is 2.47 bits per heavy atom. The molecule has 2 aromatic heterocycles. The van der Waals surface area contributed by atoms with E-state index in [4.69, 9.17) is 4.42 Å². The summed E-state index contributed by atoms with van der Waals surface area (Å²) in [5.41, 5.74) is 7.13. The molecule has 0 aliphatic heterocycles. The van der Waals surface area contributed by atoms with E-state index in [9.17, 15) is 0 Å². The lowest BCUT2D eigenvalue weighted by Crippen LogP contribution is -2.31. The van der Waals surface area contributed by atoms with Gasteiger partial charge in [-0.3, -0.25) is 0 Å². The Labute approximate surface area is 189 Å². The van der Waals surface area contributed by atoms with Crippen LogP contribution in [0.4, 0.5) is 0 Å². The molecule has 32 heavy (non-hydrogen) atoms. The summed E-state index contributed by atoms with van der Waals surface area (Å²) < 4.78 is 8.80. The predicted octanol–water partition coefficient (Wildman–Crippen LogP) is 7.66. The third-order valence-electron chi connectivity index (χ3n) is 7.44. The number of nitrogens with zero attached hydrogens (tertiary/aromatic N) is 1. The monoisotopic (exact) mass is 420 g/mol. The molecule has 1 aliphatic carbocycles. The maximum Gasteiger partial charge on any atom is 0.216 e. The van der Waals surface area contributed by atoms with Crippen LogP contribution < -0.4 is 4.57 Å². The van der Waals surface area contributed by atoms with Crippen molar-refractivity contribution in [2.75, 3.05) is 0 Å². The molecule has 0 atom stereocenters. The molecule has 6 rings (SSSR count). The molecule has 0 radical (unpaired) electrons. The highest BCUT2D eigenvalue weighted by molar-refractivity contribution is 6.13. The van der Waals surface area contributed by atoms with Crippen molar-refractivity contribution < 1.29 is 8.98 Å². The molecular formula is C30H30NO+. The van der Waals surface area contributed by atoms with Gasteiger partial charge in [0.2, 0.25) is 5.69 Å². The van der Waals surface area contributed by atoms with Gasteiger partial charge in [0.15, 0.2) is 6.20 Å². The van der Waals surface area contributed by atoms with Crippen LogP contribution in [0.1, 0.15) is 43.2 Å². The first-order valence-electron chi connectivity index (χ1n) is 12.0. The minimum absolute atomic E-state index is 0.833. The van der Waals surface area contributed by atoms with Gasteiger partial charge < -0.3 is 4.42 Å².